The van der Waals surface area contributed by atoms with Gasteiger partial charge in [0.2, 0.25) is 0 Å². The third-order valence-electron chi connectivity index (χ3n) is 2.34. The molecule has 0 spiro atoms. The van der Waals surface area contributed by atoms with Gasteiger partial charge in [0.15, 0.2) is 0 Å². The Bertz CT molecular complexity index is 657. The highest BCUT2D eigenvalue weighted by molar-refractivity contribution is 9.10. The van der Waals surface area contributed by atoms with Crippen LogP contribution in [-0.4, -0.2) is 13.4 Å². The van der Waals surface area contributed by atoms with Crippen LogP contribution in [0.5, 0.6) is 0 Å². The van der Waals surface area contributed by atoms with E-state index in [0.29, 0.717) is 11.4 Å². The summed E-state index contributed by atoms with van der Waals surface area (Å²) in [6.07, 6.45) is 1.53. The number of aromatic nitrogens is 1. The number of anilines is 1. The highest BCUT2D eigenvalue weighted by atomic mass is 79.9. The Morgan fingerprint density at radius 3 is 2.67 bits per heavy atom. The number of rotatable bonds is 3. The van der Waals surface area contributed by atoms with Crippen molar-refractivity contribution in [3.63, 3.8) is 0 Å². The third kappa shape index (κ3) is 2.88. The molecular weight excluding hydrogens is 316 g/mol. The smallest absolute Gasteiger partial charge is 0.263 e. The minimum atomic E-state index is -3.61. The molecular formula is C12H11BrN2O2S. The van der Waals surface area contributed by atoms with Crippen molar-refractivity contribution in [3.05, 3.63) is 52.6 Å². The van der Waals surface area contributed by atoms with Gasteiger partial charge in [-0.2, -0.15) is 0 Å². The largest absolute Gasteiger partial charge is 0.263 e. The van der Waals surface area contributed by atoms with Crippen LogP contribution in [0.25, 0.3) is 0 Å². The van der Waals surface area contributed by atoms with E-state index >= 15 is 0 Å². The quantitative estimate of drug-likeness (QED) is 0.943. The van der Waals surface area contributed by atoms with Gasteiger partial charge in [-0.05, 0) is 36.8 Å². The summed E-state index contributed by atoms with van der Waals surface area (Å²) in [7, 11) is -3.61. The van der Waals surface area contributed by atoms with Gasteiger partial charge < -0.3 is 0 Å². The van der Waals surface area contributed by atoms with Crippen molar-refractivity contribution >= 4 is 31.8 Å². The summed E-state index contributed by atoms with van der Waals surface area (Å²) in [5, 5.41) is 0. The Morgan fingerprint density at radius 2 is 2.00 bits per heavy atom. The van der Waals surface area contributed by atoms with E-state index in [2.05, 4.69) is 25.6 Å². The summed E-state index contributed by atoms with van der Waals surface area (Å²) in [6, 6.07) is 10.2. The molecule has 2 rings (SSSR count). The fraction of sp³-hybridized carbons (Fsp3) is 0.0833. The molecule has 1 aromatic heterocycles. The third-order valence-corrected chi connectivity index (χ3v) is 4.33. The fourth-order valence-electron chi connectivity index (χ4n) is 1.48. The standard InChI is InChI=1S/C12H11BrN2O2S/c1-9-5-6-10(13)8-11(9)18(16,17)15-12-4-2-3-7-14-12/h2-8H,1H3,(H,14,15). The van der Waals surface area contributed by atoms with Gasteiger partial charge in [0.1, 0.15) is 5.82 Å². The van der Waals surface area contributed by atoms with Gasteiger partial charge in [-0.1, -0.05) is 28.1 Å². The minimum absolute atomic E-state index is 0.238. The second kappa shape index (κ2) is 5.07. The average Bonchev–Trinajstić information content (AvgIpc) is 2.33. The van der Waals surface area contributed by atoms with Gasteiger partial charge >= 0.3 is 0 Å². The van der Waals surface area contributed by atoms with Crippen LogP contribution in [0.1, 0.15) is 5.56 Å². The van der Waals surface area contributed by atoms with Crippen LogP contribution in [0.15, 0.2) is 52.0 Å². The van der Waals surface area contributed by atoms with E-state index in [1.165, 1.54) is 6.20 Å². The van der Waals surface area contributed by atoms with Gasteiger partial charge in [0, 0.05) is 10.7 Å². The van der Waals surface area contributed by atoms with Gasteiger partial charge in [-0.3, -0.25) is 4.72 Å². The van der Waals surface area contributed by atoms with Crippen LogP contribution in [0, 0.1) is 6.92 Å². The SMILES string of the molecule is Cc1ccc(Br)cc1S(=O)(=O)Nc1ccccn1. The van der Waals surface area contributed by atoms with Crippen molar-refractivity contribution in [2.45, 2.75) is 11.8 Å². The Hall–Kier alpha value is -1.40. The maximum atomic E-state index is 12.2. The molecule has 0 aliphatic rings. The first-order valence-electron chi connectivity index (χ1n) is 5.19. The monoisotopic (exact) mass is 326 g/mol. The predicted molar refractivity (Wildman–Crippen MR) is 73.9 cm³/mol. The maximum Gasteiger partial charge on any atom is 0.263 e. The molecule has 4 nitrogen and oxygen atoms in total. The Balaban J connectivity index is 2.40. The van der Waals surface area contributed by atoms with E-state index in [0.717, 1.165) is 4.47 Å². The predicted octanol–water partition coefficient (Wildman–Crippen LogP) is 2.95. The normalized spacial score (nSPS) is 11.2. The molecule has 0 atom stereocenters. The van der Waals surface area contributed by atoms with Gasteiger partial charge in [-0.15, -0.1) is 0 Å². The molecule has 1 heterocycles. The first-order valence-corrected chi connectivity index (χ1v) is 7.47. The lowest BCUT2D eigenvalue weighted by Gasteiger charge is -2.09. The number of nitrogens with one attached hydrogen (secondary N) is 1. The molecule has 0 aliphatic heterocycles. The lowest BCUT2D eigenvalue weighted by molar-refractivity contribution is 0.600. The van der Waals surface area contributed by atoms with Crippen LogP contribution in [0.2, 0.25) is 0 Å². The van der Waals surface area contributed by atoms with E-state index in [-0.39, 0.29) is 4.90 Å². The van der Waals surface area contributed by atoms with Gasteiger partial charge in [-0.25, -0.2) is 13.4 Å². The molecule has 0 radical (unpaired) electrons. The lowest BCUT2D eigenvalue weighted by Crippen LogP contribution is -2.15. The average molecular weight is 327 g/mol. The minimum Gasteiger partial charge on any atom is -0.263 e. The highest BCUT2D eigenvalue weighted by Gasteiger charge is 2.17. The number of aryl methyl sites for hydroxylation is 1. The first kappa shape index (κ1) is 13.0. The van der Waals surface area contributed by atoms with Gasteiger partial charge in [0.05, 0.1) is 4.90 Å². The van der Waals surface area contributed by atoms with Crippen LogP contribution in [-0.2, 0) is 10.0 Å². The fourth-order valence-corrected chi connectivity index (χ4v) is 3.27. The molecule has 94 valence electrons. The van der Waals surface area contributed by atoms with E-state index in [1.54, 1.807) is 43.3 Å². The molecule has 1 N–H and O–H groups in total. The Labute approximate surface area is 114 Å². The Morgan fingerprint density at radius 1 is 1.22 bits per heavy atom. The van der Waals surface area contributed by atoms with Crippen molar-refractivity contribution in [2.75, 3.05) is 4.72 Å². The molecule has 0 saturated carbocycles. The summed E-state index contributed by atoms with van der Waals surface area (Å²) < 4.78 is 27.6. The van der Waals surface area contributed by atoms with Gasteiger partial charge in [0.25, 0.3) is 10.0 Å². The van der Waals surface area contributed by atoms with E-state index in [1.807, 2.05) is 0 Å². The summed E-state index contributed by atoms with van der Waals surface area (Å²) in [6.45, 7) is 1.75. The molecule has 0 unspecified atom stereocenters. The molecule has 18 heavy (non-hydrogen) atoms. The maximum absolute atomic E-state index is 12.2. The summed E-state index contributed by atoms with van der Waals surface area (Å²) in [5.74, 6) is 0.303. The van der Waals surface area contributed by atoms with Crippen molar-refractivity contribution in [1.29, 1.82) is 0 Å². The molecule has 0 fully saturated rings. The number of sulfonamides is 1. The van der Waals surface area contributed by atoms with Crippen LogP contribution in [0.3, 0.4) is 0 Å². The van der Waals surface area contributed by atoms with Crippen LogP contribution in [0.4, 0.5) is 5.82 Å². The molecule has 2 aromatic rings. The van der Waals surface area contributed by atoms with Crippen molar-refractivity contribution in [2.24, 2.45) is 0 Å². The molecule has 6 heteroatoms. The second-order valence-electron chi connectivity index (χ2n) is 3.73. The van der Waals surface area contributed by atoms with Crippen molar-refractivity contribution in [1.82, 2.24) is 4.98 Å². The topological polar surface area (TPSA) is 59.1 Å². The number of pyridine rings is 1. The Kier molecular flexibility index (Phi) is 3.68. The molecule has 1 aromatic carbocycles. The zero-order valence-electron chi connectivity index (χ0n) is 9.59. The second-order valence-corrected chi connectivity index (χ2v) is 6.30. The number of hydrogen-bond acceptors (Lipinski definition) is 3. The van der Waals surface area contributed by atoms with Crippen molar-refractivity contribution < 1.29 is 8.42 Å². The number of nitrogens with zero attached hydrogens (tertiary/aromatic N) is 1. The molecule has 0 amide bonds. The molecule has 0 saturated heterocycles. The summed E-state index contributed by atoms with van der Waals surface area (Å²) in [5.41, 5.74) is 0.682. The summed E-state index contributed by atoms with van der Waals surface area (Å²) >= 11 is 3.27. The number of benzene rings is 1. The molecule has 0 aliphatic carbocycles. The molecule has 0 bridgehead atoms. The van der Waals surface area contributed by atoms with E-state index in [9.17, 15) is 8.42 Å². The number of halogens is 1. The highest BCUT2D eigenvalue weighted by Crippen LogP contribution is 2.22. The lowest BCUT2D eigenvalue weighted by atomic mass is 10.2. The number of hydrogen-bond donors (Lipinski definition) is 1. The first-order chi connectivity index (χ1) is 8.49. The summed E-state index contributed by atoms with van der Waals surface area (Å²) in [4.78, 5) is 4.18. The van der Waals surface area contributed by atoms with E-state index < -0.39 is 10.0 Å². The van der Waals surface area contributed by atoms with E-state index in [4.69, 9.17) is 0 Å². The van der Waals surface area contributed by atoms with Crippen LogP contribution < -0.4 is 4.72 Å². The zero-order chi connectivity index (χ0) is 13.2. The van der Waals surface area contributed by atoms with Crippen molar-refractivity contribution in [3.8, 4) is 0 Å². The van der Waals surface area contributed by atoms with Crippen LogP contribution >= 0.6 is 15.9 Å². The zero-order valence-corrected chi connectivity index (χ0v) is 12.0.